The van der Waals surface area contributed by atoms with Gasteiger partial charge in [-0.25, -0.2) is 0 Å². The van der Waals surface area contributed by atoms with E-state index in [4.69, 9.17) is 25.7 Å². The highest BCUT2D eigenvalue weighted by molar-refractivity contribution is 7.51. The van der Waals surface area contributed by atoms with Crippen molar-refractivity contribution >= 4 is 19.5 Å². The van der Waals surface area contributed by atoms with Crippen LogP contribution in [0.1, 0.15) is 13.3 Å². The maximum Gasteiger partial charge on any atom is 0.327 e. The predicted molar refractivity (Wildman–Crippen MR) is 61.2 cm³/mol. The zero-order valence-electron chi connectivity index (χ0n) is 9.68. The van der Waals surface area contributed by atoms with Crippen molar-refractivity contribution in [3.8, 4) is 0 Å². The van der Waals surface area contributed by atoms with E-state index in [0.717, 1.165) is 0 Å². The van der Waals surface area contributed by atoms with Gasteiger partial charge in [-0.05, 0) is 6.92 Å². The Balaban J connectivity index is 4.50. The van der Waals surface area contributed by atoms with Gasteiger partial charge >= 0.3 is 19.5 Å². The van der Waals surface area contributed by atoms with Gasteiger partial charge in [-0.2, -0.15) is 0 Å². The number of nitrogens with two attached hydrogens (primary N) is 1. The highest BCUT2D eigenvalue weighted by atomic mass is 31.2. The van der Waals surface area contributed by atoms with E-state index < -0.39 is 50.2 Å². The van der Waals surface area contributed by atoms with E-state index in [9.17, 15) is 14.2 Å². The molecule has 7 N–H and O–H groups in total. The molecule has 0 amide bonds. The molecule has 3 atom stereocenters. The molecule has 0 aromatic carbocycles. The lowest BCUT2D eigenvalue weighted by molar-refractivity contribution is -0.146. The fourth-order valence-electron chi connectivity index (χ4n) is 1.27. The smallest absolute Gasteiger partial charge is 0.327 e. The van der Waals surface area contributed by atoms with E-state index in [2.05, 4.69) is 5.32 Å². The minimum absolute atomic E-state index is 0.611. The number of aliphatic carboxylic acids is 2. The summed E-state index contributed by atoms with van der Waals surface area (Å²) in [4.78, 5) is 38.6. The van der Waals surface area contributed by atoms with Crippen molar-refractivity contribution in [2.45, 2.75) is 31.5 Å². The summed E-state index contributed by atoms with van der Waals surface area (Å²) in [5.41, 5.74) is 5.49. The van der Waals surface area contributed by atoms with Gasteiger partial charge in [0.15, 0.2) is 0 Å². The van der Waals surface area contributed by atoms with E-state index in [0.29, 0.717) is 0 Å². The molecule has 0 heterocycles. The number of carbonyl (C=O) groups is 2. The number of carboxylic acid groups (broad SMARTS) is 2. The van der Waals surface area contributed by atoms with Crippen LogP contribution in [0.25, 0.3) is 0 Å². The molecule has 0 fully saturated rings. The Morgan fingerprint density at radius 1 is 1.33 bits per heavy atom. The molecule has 18 heavy (non-hydrogen) atoms. The normalized spacial score (nSPS) is 16.9. The van der Waals surface area contributed by atoms with E-state index in [1.165, 1.54) is 6.92 Å². The van der Waals surface area contributed by atoms with Gasteiger partial charge in [0.1, 0.15) is 6.04 Å². The number of rotatable bonds is 8. The third kappa shape index (κ3) is 7.36. The summed E-state index contributed by atoms with van der Waals surface area (Å²) in [5, 5.41) is 19.7. The summed E-state index contributed by atoms with van der Waals surface area (Å²) < 4.78 is 10.7. The van der Waals surface area contributed by atoms with Crippen molar-refractivity contribution in [2.75, 3.05) is 6.16 Å². The Morgan fingerprint density at radius 2 is 1.83 bits per heavy atom. The molecule has 0 saturated carbocycles. The zero-order chi connectivity index (χ0) is 14.5. The maximum absolute atomic E-state index is 10.8. The zero-order valence-corrected chi connectivity index (χ0v) is 10.6. The lowest BCUT2D eigenvalue weighted by atomic mass is 10.1. The monoisotopic (exact) mass is 284 g/mol. The molecular weight excluding hydrogens is 267 g/mol. The first-order valence-corrected chi connectivity index (χ1v) is 6.83. The van der Waals surface area contributed by atoms with E-state index in [-0.39, 0.29) is 0 Å². The molecule has 0 bridgehead atoms. The second-order valence-electron chi connectivity index (χ2n) is 3.96. The topological polar surface area (TPSA) is 170 Å². The standard InChI is InChI=1S/C8H17N2O7P/c1-4(5(9)3-18(15,16)17)10-6(8(13)14)2-7(11)12/h4-6,10H,2-3,9H2,1H3,(H,11,12)(H,13,14)(H2,15,16,17). The first-order chi connectivity index (χ1) is 8.03. The quantitative estimate of drug-likeness (QED) is 0.287. The molecule has 106 valence electrons. The van der Waals surface area contributed by atoms with Crippen LogP contribution in [-0.2, 0) is 14.2 Å². The first-order valence-electron chi connectivity index (χ1n) is 5.03. The number of hydrogen-bond donors (Lipinski definition) is 6. The van der Waals surface area contributed by atoms with Crippen molar-refractivity contribution < 1.29 is 34.2 Å². The molecule has 3 unspecified atom stereocenters. The van der Waals surface area contributed by atoms with Crippen LogP contribution in [-0.4, -0.2) is 56.2 Å². The van der Waals surface area contributed by atoms with Crippen molar-refractivity contribution in [3.63, 3.8) is 0 Å². The molecule has 0 aromatic heterocycles. The van der Waals surface area contributed by atoms with Crippen LogP contribution in [0.4, 0.5) is 0 Å². The Hall–Kier alpha value is -0.990. The Morgan fingerprint density at radius 3 is 2.17 bits per heavy atom. The summed E-state index contributed by atoms with van der Waals surface area (Å²) in [5.74, 6) is -2.67. The second kappa shape index (κ2) is 6.81. The Labute approximate surface area is 103 Å². The van der Waals surface area contributed by atoms with Crippen LogP contribution in [0.5, 0.6) is 0 Å². The van der Waals surface area contributed by atoms with Crippen LogP contribution in [0.3, 0.4) is 0 Å². The third-order valence-electron chi connectivity index (χ3n) is 2.23. The van der Waals surface area contributed by atoms with Crippen LogP contribution in [0.15, 0.2) is 0 Å². The minimum Gasteiger partial charge on any atom is -0.481 e. The SMILES string of the molecule is CC(NC(CC(=O)O)C(=O)O)C(N)CP(=O)(O)O. The van der Waals surface area contributed by atoms with E-state index >= 15 is 0 Å². The van der Waals surface area contributed by atoms with Gasteiger partial charge in [0.2, 0.25) is 0 Å². The van der Waals surface area contributed by atoms with Gasteiger partial charge in [-0.15, -0.1) is 0 Å². The fourth-order valence-corrected chi connectivity index (χ4v) is 2.13. The van der Waals surface area contributed by atoms with Crippen LogP contribution in [0, 0.1) is 0 Å². The Bertz CT molecular complexity index is 355. The van der Waals surface area contributed by atoms with Crippen LogP contribution in [0.2, 0.25) is 0 Å². The number of nitrogens with one attached hydrogen (secondary N) is 1. The molecule has 0 rings (SSSR count). The van der Waals surface area contributed by atoms with Gasteiger partial charge in [-0.1, -0.05) is 0 Å². The molecule has 0 spiro atoms. The fraction of sp³-hybridized carbons (Fsp3) is 0.750. The average molecular weight is 284 g/mol. The molecule has 0 aliphatic carbocycles. The molecule has 0 aromatic rings. The van der Waals surface area contributed by atoms with Crippen LogP contribution >= 0.6 is 7.60 Å². The number of carboxylic acids is 2. The summed E-state index contributed by atoms with van der Waals surface area (Å²) >= 11 is 0. The largest absolute Gasteiger partial charge is 0.481 e. The molecule has 0 radical (unpaired) electrons. The van der Waals surface area contributed by atoms with Crippen LogP contribution < -0.4 is 11.1 Å². The van der Waals surface area contributed by atoms with Gasteiger partial charge in [-0.3, -0.25) is 19.5 Å². The highest BCUT2D eigenvalue weighted by Gasteiger charge is 2.28. The van der Waals surface area contributed by atoms with Gasteiger partial charge in [0.25, 0.3) is 0 Å². The summed E-state index contributed by atoms with van der Waals surface area (Å²) in [6.45, 7) is 1.43. The van der Waals surface area contributed by atoms with Gasteiger partial charge < -0.3 is 25.7 Å². The van der Waals surface area contributed by atoms with E-state index in [1.54, 1.807) is 0 Å². The lowest BCUT2D eigenvalue weighted by Crippen LogP contribution is -2.52. The molecule has 0 aliphatic heterocycles. The highest BCUT2D eigenvalue weighted by Crippen LogP contribution is 2.34. The maximum atomic E-state index is 10.8. The minimum atomic E-state index is -4.30. The van der Waals surface area contributed by atoms with Gasteiger partial charge in [0.05, 0.1) is 12.6 Å². The third-order valence-corrected chi connectivity index (χ3v) is 3.13. The van der Waals surface area contributed by atoms with Crippen molar-refractivity contribution in [3.05, 3.63) is 0 Å². The molecular formula is C8H17N2O7P. The average Bonchev–Trinajstić information content (AvgIpc) is 2.12. The van der Waals surface area contributed by atoms with Crippen molar-refractivity contribution in [2.24, 2.45) is 5.73 Å². The first kappa shape index (κ1) is 17.0. The van der Waals surface area contributed by atoms with Crippen molar-refractivity contribution in [1.29, 1.82) is 0 Å². The van der Waals surface area contributed by atoms with E-state index in [1.807, 2.05) is 0 Å². The predicted octanol–water partition coefficient (Wildman–Crippen LogP) is -1.60. The lowest BCUT2D eigenvalue weighted by Gasteiger charge is -2.24. The van der Waals surface area contributed by atoms with Gasteiger partial charge in [0, 0.05) is 12.1 Å². The van der Waals surface area contributed by atoms with Crippen molar-refractivity contribution in [1.82, 2.24) is 5.32 Å². The molecule has 0 aliphatic rings. The molecule has 9 nitrogen and oxygen atoms in total. The summed E-state index contributed by atoms with van der Waals surface area (Å²) in [6.07, 6.45) is -1.26. The Kier molecular flexibility index (Phi) is 6.44. The summed E-state index contributed by atoms with van der Waals surface area (Å²) in [6, 6.07) is -3.10. The second-order valence-corrected chi connectivity index (χ2v) is 5.65. The molecule has 10 heteroatoms. The summed E-state index contributed by atoms with van der Waals surface area (Å²) in [7, 11) is -4.30. The number of hydrogen-bond acceptors (Lipinski definition) is 5. The molecule has 0 saturated heterocycles.